The van der Waals surface area contributed by atoms with Crippen molar-refractivity contribution < 1.29 is 38.0 Å². The van der Waals surface area contributed by atoms with Gasteiger partial charge in [-0.05, 0) is 11.1 Å². The summed E-state index contributed by atoms with van der Waals surface area (Å²) in [6.45, 7) is 0.799. The molecule has 0 unspecified atom stereocenters. The summed E-state index contributed by atoms with van der Waals surface area (Å²) in [7, 11) is -3.90. The summed E-state index contributed by atoms with van der Waals surface area (Å²) in [5.41, 5.74) is 0.488. The number of nitrogens with one attached hydrogen (secondary N) is 1. The van der Waals surface area contributed by atoms with E-state index in [1.165, 1.54) is 0 Å². The monoisotopic (exact) mass is 576 g/mol. The highest BCUT2D eigenvalue weighted by Gasteiger charge is 2.47. The van der Waals surface area contributed by atoms with E-state index in [4.69, 9.17) is 23.3 Å². The van der Waals surface area contributed by atoms with Crippen LogP contribution in [0.4, 0.5) is 0 Å². The Morgan fingerprint density at radius 1 is 0.800 bits per heavy atom. The molecule has 216 valence electrons. The van der Waals surface area contributed by atoms with E-state index in [0.29, 0.717) is 13.2 Å². The Morgan fingerprint density at radius 2 is 1.35 bits per heavy atom. The minimum absolute atomic E-state index is 0.0663. The summed E-state index contributed by atoms with van der Waals surface area (Å²) >= 11 is 0. The van der Waals surface area contributed by atoms with Crippen LogP contribution in [0.25, 0.3) is 0 Å². The van der Waals surface area contributed by atoms with E-state index < -0.39 is 49.5 Å². The summed E-state index contributed by atoms with van der Waals surface area (Å²) in [6, 6.07) is 20.1. The van der Waals surface area contributed by atoms with Crippen molar-refractivity contribution in [2.45, 2.75) is 37.8 Å². The molecule has 1 aromatic heterocycles. The maximum absolute atomic E-state index is 13.7. The molecule has 0 aliphatic carbocycles. The highest BCUT2D eigenvalue weighted by atomic mass is 31.2. The Morgan fingerprint density at radius 3 is 1.88 bits per heavy atom. The van der Waals surface area contributed by atoms with Crippen LogP contribution >= 0.6 is 7.60 Å². The van der Waals surface area contributed by atoms with Gasteiger partial charge in [0.15, 0.2) is 6.23 Å². The SMILES string of the molecule is O=c1ccn([C@@H]2O[C@H](CP(=O)(OCCOCc3ccccc3)OCCOCc3ccccc3)[C@@H](O)[C@H]2O)c(=O)[nH]1. The molecule has 0 spiro atoms. The van der Waals surface area contributed by atoms with Crippen molar-refractivity contribution in [2.75, 3.05) is 32.6 Å². The molecule has 0 saturated carbocycles. The highest BCUT2D eigenvalue weighted by molar-refractivity contribution is 7.53. The van der Waals surface area contributed by atoms with Crippen molar-refractivity contribution in [3.63, 3.8) is 0 Å². The zero-order valence-corrected chi connectivity index (χ0v) is 22.6. The summed E-state index contributed by atoms with van der Waals surface area (Å²) in [4.78, 5) is 25.6. The minimum Gasteiger partial charge on any atom is -0.387 e. The van der Waals surface area contributed by atoms with Crippen molar-refractivity contribution in [1.82, 2.24) is 9.55 Å². The Labute approximate surface area is 230 Å². The minimum atomic E-state index is -3.90. The standard InChI is InChI=1S/C27H33N2O10P/c30-23-11-12-29(27(33)28-23)26-25(32)24(31)22(39-26)19-40(34,37-15-13-35-17-20-7-3-1-4-8-20)38-16-14-36-18-21-9-5-2-6-10-21/h1-12,22,24-26,31-32H,13-19H2,(H,28,30,33)/t22-,24-,25-,26-/m1/s1. The number of H-pyrrole nitrogens is 1. The predicted octanol–water partition coefficient (Wildman–Crippen LogP) is 1.82. The zero-order chi connectivity index (χ0) is 28.4. The van der Waals surface area contributed by atoms with E-state index in [-0.39, 0.29) is 26.4 Å². The van der Waals surface area contributed by atoms with E-state index in [9.17, 15) is 24.4 Å². The lowest BCUT2D eigenvalue weighted by molar-refractivity contribution is -0.0359. The Hall–Kier alpha value is -2.93. The number of rotatable bonds is 15. The molecule has 0 amide bonds. The molecule has 1 aliphatic rings. The molecule has 0 bridgehead atoms. The van der Waals surface area contributed by atoms with Gasteiger partial charge in [0.2, 0.25) is 0 Å². The fourth-order valence-electron chi connectivity index (χ4n) is 4.10. The van der Waals surface area contributed by atoms with Crippen LogP contribution in [-0.2, 0) is 41.0 Å². The molecule has 13 heteroatoms. The molecule has 1 fully saturated rings. The molecule has 40 heavy (non-hydrogen) atoms. The number of hydrogen-bond acceptors (Lipinski definition) is 10. The van der Waals surface area contributed by atoms with E-state index in [2.05, 4.69) is 4.98 Å². The van der Waals surface area contributed by atoms with Crippen molar-refractivity contribution in [3.8, 4) is 0 Å². The van der Waals surface area contributed by atoms with Crippen molar-refractivity contribution in [3.05, 3.63) is 105 Å². The molecule has 12 nitrogen and oxygen atoms in total. The smallest absolute Gasteiger partial charge is 0.333 e. The third-order valence-corrected chi connectivity index (χ3v) is 8.08. The Bertz CT molecular complexity index is 1300. The number of aliphatic hydroxyl groups is 2. The summed E-state index contributed by atoms with van der Waals surface area (Å²) in [6.07, 6.45) is -4.82. The van der Waals surface area contributed by atoms with Gasteiger partial charge in [-0.3, -0.25) is 18.9 Å². The van der Waals surface area contributed by atoms with Crippen LogP contribution < -0.4 is 11.2 Å². The van der Waals surface area contributed by atoms with Crippen LogP contribution in [0, 0.1) is 0 Å². The van der Waals surface area contributed by atoms with E-state index in [1.54, 1.807) is 0 Å². The van der Waals surface area contributed by atoms with Gasteiger partial charge in [0.25, 0.3) is 5.56 Å². The molecule has 4 atom stereocenters. The average molecular weight is 577 g/mol. The number of aromatic nitrogens is 2. The largest absolute Gasteiger partial charge is 0.387 e. The fraction of sp³-hybridized carbons (Fsp3) is 0.407. The van der Waals surface area contributed by atoms with Gasteiger partial charge >= 0.3 is 13.3 Å². The second kappa shape index (κ2) is 14.6. The summed E-state index contributed by atoms with van der Waals surface area (Å²) in [5.74, 6) is 0. The van der Waals surface area contributed by atoms with Crippen LogP contribution in [0.3, 0.4) is 0 Å². The molecular formula is C27H33N2O10P. The predicted molar refractivity (Wildman–Crippen MR) is 144 cm³/mol. The lowest BCUT2D eigenvalue weighted by Crippen LogP contribution is -2.37. The lowest BCUT2D eigenvalue weighted by Gasteiger charge is -2.23. The first-order valence-corrected chi connectivity index (χ1v) is 14.5. The van der Waals surface area contributed by atoms with Crippen molar-refractivity contribution >= 4 is 7.60 Å². The van der Waals surface area contributed by atoms with Gasteiger partial charge in [-0.15, -0.1) is 0 Å². The molecule has 2 aromatic carbocycles. The Balaban J connectivity index is 1.35. The first kappa shape index (κ1) is 30.0. The molecule has 3 aromatic rings. The number of hydrogen-bond donors (Lipinski definition) is 3. The normalized spacial score (nSPS) is 21.1. The zero-order valence-electron chi connectivity index (χ0n) is 21.7. The van der Waals surface area contributed by atoms with Gasteiger partial charge in [-0.1, -0.05) is 60.7 Å². The van der Waals surface area contributed by atoms with Crippen LogP contribution in [-0.4, -0.2) is 70.7 Å². The molecular weight excluding hydrogens is 543 g/mol. The topological polar surface area (TPSA) is 159 Å². The van der Waals surface area contributed by atoms with Crippen LogP contribution in [0.2, 0.25) is 0 Å². The van der Waals surface area contributed by atoms with Crippen LogP contribution in [0.1, 0.15) is 17.4 Å². The number of benzene rings is 2. The number of aromatic amines is 1. The van der Waals surface area contributed by atoms with Gasteiger partial charge in [0.05, 0.1) is 45.8 Å². The third-order valence-electron chi connectivity index (χ3n) is 6.12. The Kier molecular flexibility index (Phi) is 11.0. The number of nitrogens with zero attached hydrogens (tertiary/aromatic N) is 1. The van der Waals surface area contributed by atoms with Crippen molar-refractivity contribution in [2.24, 2.45) is 0 Å². The highest BCUT2D eigenvalue weighted by Crippen LogP contribution is 2.51. The van der Waals surface area contributed by atoms with Gasteiger partial charge in [0.1, 0.15) is 18.3 Å². The third kappa shape index (κ3) is 8.53. The molecule has 0 radical (unpaired) electrons. The number of ether oxygens (including phenoxy) is 3. The molecule has 1 aliphatic heterocycles. The van der Waals surface area contributed by atoms with Crippen LogP contribution in [0.5, 0.6) is 0 Å². The first-order valence-electron chi connectivity index (χ1n) is 12.8. The lowest BCUT2D eigenvalue weighted by atomic mass is 10.1. The maximum Gasteiger partial charge on any atom is 0.333 e. The quantitative estimate of drug-likeness (QED) is 0.180. The van der Waals surface area contributed by atoms with E-state index in [0.717, 1.165) is 28.0 Å². The van der Waals surface area contributed by atoms with Gasteiger partial charge < -0.3 is 33.5 Å². The number of aliphatic hydroxyl groups excluding tert-OH is 2. The molecule has 1 saturated heterocycles. The first-order chi connectivity index (χ1) is 19.3. The van der Waals surface area contributed by atoms with E-state index >= 15 is 0 Å². The fourth-order valence-corrected chi connectivity index (χ4v) is 5.83. The maximum atomic E-state index is 13.7. The molecule has 3 N–H and O–H groups in total. The van der Waals surface area contributed by atoms with Gasteiger partial charge in [-0.25, -0.2) is 4.79 Å². The molecule has 4 rings (SSSR count). The van der Waals surface area contributed by atoms with Gasteiger partial charge in [-0.2, -0.15) is 0 Å². The average Bonchev–Trinajstić information content (AvgIpc) is 3.22. The summed E-state index contributed by atoms with van der Waals surface area (Å²) < 4.78 is 42.8. The second-order valence-electron chi connectivity index (χ2n) is 9.10. The van der Waals surface area contributed by atoms with Crippen LogP contribution in [0.15, 0.2) is 82.5 Å². The molecule has 2 heterocycles. The summed E-state index contributed by atoms with van der Waals surface area (Å²) in [5, 5.41) is 21.2. The second-order valence-corrected chi connectivity index (χ2v) is 11.2. The van der Waals surface area contributed by atoms with Crippen molar-refractivity contribution in [1.29, 1.82) is 0 Å². The van der Waals surface area contributed by atoms with Gasteiger partial charge in [0, 0.05) is 12.3 Å². The van der Waals surface area contributed by atoms with E-state index in [1.807, 2.05) is 60.7 Å².